The maximum atomic E-state index is 12.4. The van der Waals surface area contributed by atoms with E-state index in [2.05, 4.69) is 11.4 Å². The summed E-state index contributed by atoms with van der Waals surface area (Å²) < 4.78 is 5.02. The van der Waals surface area contributed by atoms with E-state index in [9.17, 15) is 9.59 Å². The highest BCUT2D eigenvalue weighted by Gasteiger charge is 2.28. The highest BCUT2D eigenvalue weighted by atomic mass is 16.3. The van der Waals surface area contributed by atoms with Crippen molar-refractivity contribution < 1.29 is 14.0 Å². The van der Waals surface area contributed by atoms with Crippen molar-refractivity contribution in [3.05, 3.63) is 24.2 Å². The number of furan rings is 1. The van der Waals surface area contributed by atoms with Crippen molar-refractivity contribution in [2.24, 2.45) is 11.8 Å². The summed E-state index contributed by atoms with van der Waals surface area (Å²) in [5, 5.41) is 11.5. The lowest BCUT2D eigenvalue weighted by molar-refractivity contribution is -0.133. The summed E-state index contributed by atoms with van der Waals surface area (Å²) in [5.74, 6) is -0.800. The predicted octanol–water partition coefficient (Wildman–Crippen LogP) is 1.65. The standard InChI is InChI=1S/C15H21N3O3/c1-10(2)13(15(20)18(4)9-11(3)8-16)17-14(19)12-6-5-7-21-12/h5-7,10-11,13H,9H2,1-4H3,(H,17,19)/t11-,13+/m0/s1. The zero-order valence-corrected chi connectivity index (χ0v) is 12.8. The zero-order valence-electron chi connectivity index (χ0n) is 12.8. The lowest BCUT2D eigenvalue weighted by atomic mass is 10.0. The molecule has 1 heterocycles. The van der Waals surface area contributed by atoms with Crippen molar-refractivity contribution in [1.29, 1.82) is 5.26 Å². The van der Waals surface area contributed by atoms with E-state index < -0.39 is 11.9 Å². The van der Waals surface area contributed by atoms with Crippen LogP contribution in [-0.4, -0.2) is 36.3 Å². The molecule has 0 aromatic carbocycles. The lowest BCUT2D eigenvalue weighted by Crippen LogP contribution is -2.50. The van der Waals surface area contributed by atoms with Crippen LogP contribution < -0.4 is 5.32 Å². The number of rotatable bonds is 6. The van der Waals surface area contributed by atoms with Crippen LogP contribution in [0.3, 0.4) is 0 Å². The Morgan fingerprint density at radius 2 is 2.10 bits per heavy atom. The van der Waals surface area contributed by atoms with E-state index in [1.54, 1.807) is 26.1 Å². The molecule has 1 rings (SSSR count). The van der Waals surface area contributed by atoms with Crippen molar-refractivity contribution >= 4 is 11.8 Å². The van der Waals surface area contributed by atoms with Crippen LogP contribution in [0.1, 0.15) is 31.3 Å². The van der Waals surface area contributed by atoms with Crippen LogP contribution in [0.25, 0.3) is 0 Å². The van der Waals surface area contributed by atoms with Gasteiger partial charge in [0.1, 0.15) is 6.04 Å². The second-order valence-corrected chi connectivity index (χ2v) is 5.42. The average molecular weight is 291 g/mol. The summed E-state index contributed by atoms with van der Waals surface area (Å²) in [6.45, 7) is 5.78. The van der Waals surface area contributed by atoms with Gasteiger partial charge in [-0.05, 0) is 25.0 Å². The van der Waals surface area contributed by atoms with Crippen molar-refractivity contribution in [3.63, 3.8) is 0 Å². The molecule has 6 heteroatoms. The largest absolute Gasteiger partial charge is 0.459 e. The molecule has 1 aromatic rings. The molecule has 2 atom stereocenters. The fourth-order valence-electron chi connectivity index (χ4n) is 1.91. The Kier molecular flexibility index (Phi) is 5.97. The normalized spacial score (nSPS) is 13.3. The molecule has 0 aliphatic carbocycles. The maximum absolute atomic E-state index is 12.4. The second kappa shape index (κ2) is 7.48. The molecule has 6 nitrogen and oxygen atoms in total. The van der Waals surface area contributed by atoms with Gasteiger partial charge in [0.15, 0.2) is 5.76 Å². The number of nitrogens with zero attached hydrogens (tertiary/aromatic N) is 2. The van der Waals surface area contributed by atoms with Gasteiger partial charge in [-0.25, -0.2) is 0 Å². The molecule has 0 saturated heterocycles. The molecule has 0 aliphatic heterocycles. The van der Waals surface area contributed by atoms with Crippen molar-refractivity contribution in [2.45, 2.75) is 26.8 Å². The summed E-state index contributed by atoms with van der Waals surface area (Å²) in [5.41, 5.74) is 0. The smallest absolute Gasteiger partial charge is 0.287 e. The van der Waals surface area contributed by atoms with Gasteiger partial charge >= 0.3 is 0 Å². The first-order valence-electron chi connectivity index (χ1n) is 6.85. The fourth-order valence-corrected chi connectivity index (χ4v) is 1.91. The minimum atomic E-state index is -0.654. The minimum Gasteiger partial charge on any atom is -0.459 e. The number of hydrogen-bond donors (Lipinski definition) is 1. The van der Waals surface area contributed by atoms with Crippen LogP contribution >= 0.6 is 0 Å². The highest BCUT2D eigenvalue weighted by Crippen LogP contribution is 2.09. The van der Waals surface area contributed by atoms with E-state index in [0.29, 0.717) is 6.54 Å². The molecule has 21 heavy (non-hydrogen) atoms. The number of likely N-dealkylation sites (N-methyl/N-ethyl adjacent to an activating group) is 1. The third kappa shape index (κ3) is 4.63. The van der Waals surface area contributed by atoms with Crippen LogP contribution in [0.2, 0.25) is 0 Å². The van der Waals surface area contributed by atoms with Gasteiger partial charge in [0.25, 0.3) is 5.91 Å². The number of carbonyl (C=O) groups excluding carboxylic acids is 2. The van der Waals surface area contributed by atoms with Crippen molar-refractivity contribution in [3.8, 4) is 6.07 Å². The number of nitriles is 1. The quantitative estimate of drug-likeness (QED) is 0.863. The number of amides is 2. The lowest BCUT2D eigenvalue weighted by Gasteiger charge is -2.27. The molecule has 0 fully saturated rings. The molecule has 0 saturated carbocycles. The Morgan fingerprint density at radius 3 is 2.57 bits per heavy atom. The molecule has 0 radical (unpaired) electrons. The zero-order chi connectivity index (χ0) is 16.0. The van der Waals surface area contributed by atoms with Crippen LogP contribution in [0.4, 0.5) is 0 Å². The monoisotopic (exact) mass is 291 g/mol. The van der Waals surface area contributed by atoms with Crippen molar-refractivity contribution in [1.82, 2.24) is 10.2 Å². The first kappa shape index (κ1) is 16.8. The van der Waals surface area contributed by atoms with Gasteiger partial charge in [-0.1, -0.05) is 13.8 Å². The third-order valence-electron chi connectivity index (χ3n) is 3.11. The highest BCUT2D eigenvalue weighted by molar-refractivity contribution is 5.95. The molecule has 0 bridgehead atoms. The Hall–Kier alpha value is -2.29. The van der Waals surface area contributed by atoms with Gasteiger partial charge in [0, 0.05) is 13.6 Å². The molecule has 0 unspecified atom stereocenters. The van der Waals surface area contributed by atoms with Gasteiger partial charge in [-0.3, -0.25) is 9.59 Å². The van der Waals surface area contributed by atoms with E-state index in [4.69, 9.17) is 9.68 Å². The van der Waals surface area contributed by atoms with Crippen LogP contribution in [0.15, 0.2) is 22.8 Å². The molecular formula is C15H21N3O3. The first-order chi connectivity index (χ1) is 9.86. The maximum Gasteiger partial charge on any atom is 0.287 e. The molecule has 114 valence electrons. The van der Waals surface area contributed by atoms with E-state index in [-0.39, 0.29) is 23.5 Å². The Labute approximate surface area is 124 Å². The van der Waals surface area contributed by atoms with Crippen molar-refractivity contribution in [2.75, 3.05) is 13.6 Å². The number of carbonyl (C=O) groups is 2. The second-order valence-electron chi connectivity index (χ2n) is 5.42. The summed E-state index contributed by atoms with van der Waals surface area (Å²) >= 11 is 0. The average Bonchev–Trinajstić information content (AvgIpc) is 2.97. The molecule has 2 amide bonds. The third-order valence-corrected chi connectivity index (χ3v) is 3.11. The van der Waals surface area contributed by atoms with Gasteiger partial charge in [-0.15, -0.1) is 0 Å². The molecule has 0 spiro atoms. The summed E-state index contributed by atoms with van der Waals surface area (Å²) in [4.78, 5) is 25.9. The van der Waals surface area contributed by atoms with E-state index in [1.165, 1.54) is 11.2 Å². The Morgan fingerprint density at radius 1 is 1.43 bits per heavy atom. The van der Waals surface area contributed by atoms with E-state index >= 15 is 0 Å². The number of nitrogens with one attached hydrogen (secondary N) is 1. The summed E-state index contributed by atoms with van der Waals surface area (Å²) in [7, 11) is 1.63. The SMILES string of the molecule is CC(C)[C@@H](NC(=O)c1ccco1)C(=O)N(C)C[C@@H](C)C#N. The number of hydrogen-bond acceptors (Lipinski definition) is 4. The van der Waals surface area contributed by atoms with Gasteiger partial charge < -0.3 is 14.6 Å². The first-order valence-corrected chi connectivity index (χ1v) is 6.85. The fraction of sp³-hybridized carbons (Fsp3) is 0.533. The molecule has 1 aromatic heterocycles. The molecule has 0 aliphatic rings. The summed E-state index contributed by atoms with van der Waals surface area (Å²) in [6, 6.07) is 4.58. The topological polar surface area (TPSA) is 86.3 Å². The van der Waals surface area contributed by atoms with Crippen LogP contribution in [0.5, 0.6) is 0 Å². The van der Waals surface area contributed by atoms with Gasteiger partial charge in [0.2, 0.25) is 5.91 Å². The Bertz CT molecular complexity index is 517. The Balaban J connectivity index is 2.75. The molecular weight excluding hydrogens is 270 g/mol. The van der Waals surface area contributed by atoms with Gasteiger partial charge in [0.05, 0.1) is 18.3 Å². The predicted molar refractivity (Wildman–Crippen MR) is 77.2 cm³/mol. The van der Waals surface area contributed by atoms with E-state index in [0.717, 1.165) is 0 Å². The summed E-state index contributed by atoms with van der Waals surface area (Å²) in [6.07, 6.45) is 1.40. The van der Waals surface area contributed by atoms with E-state index in [1.807, 2.05) is 13.8 Å². The minimum absolute atomic E-state index is 0.0729. The van der Waals surface area contributed by atoms with Crippen LogP contribution in [0, 0.1) is 23.2 Å². The van der Waals surface area contributed by atoms with Gasteiger partial charge in [-0.2, -0.15) is 5.26 Å². The molecule has 1 N–H and O–H groups in total. The van der Waals surface area contributed by atoms with Crippen LogP contribution in [-0.2, 0) is 4.79 Å².